The summed E-state index contributed by atoms with van der Waals surface area (Å²) in [6.07, 6.45) is 3.02. The van der Waals surface area contributed by atoms with Crippen LogP contribution >= 0.6 is 11.6 Å². The summed E-state index contributed by atoms with van der Waals surface area (Å²) in [7, 11) is -6.94. The Balaban J connectivity index is 1.53. The molecule has 8 nitrogen and oxygen atoms in total. The van der Waals surface area contributed by atoms with Gasteiger partial charge in [0.15, 0.2) is 9.84 Å². The van der Waals surface area contributed by atoms with Crippen molar-refractivity contribution < 1.29 is 26.0 Å². The first kappa shape index (κ1) is 26.9. The largest absolute Gasteiger partial charge is 0.457 e. The van der Waals surface area contributed by atoms with E-state index in [1.807, 2.05) is 0 Å². The number of rotatable bonds is 10. The predicted molar refractivity (Wildman–Crippen MR) is 141 cm³/mol. The molecule has 12 heteroatoms. The van der Waals surface area contributed by atoms with Crippen molar-refractivity contribution in [3.8, 4) is 22.8 Å². The van der Waals surface area contributed by atoms with E-state index >= 15 is 0 Å². The lowest BCUT2D eigenvalue weighted by molar-refractivity contribution is 0.479. The first-order valence-corrected chi connectivity index (χ1v) is 15.1. The van der Waals surface area contributed by atoms with Crippen LogP contribution in [0.25, 0.3) is 22.2 Å². The third-order valence-electron chi connectivity index (χ3n) is 5.41. The number of fused-ring (bicyclic) bond motifs is 1. The molecule has 0 saturated heterocycles. The molecule has 0 saturated carbocycles. The number of ether oxygens (including phenoxy) is 1. The smallest absolute Gasteiger partial charge is 0.208 e. The van der Waals surface area contributed by atoms with Crippen LogP contribution in [0, 0.1) is 5.82 Å². The molecule has 1 N–H and O–H groups in total. The SMILES string of the molecule is CS(=O)(=O)NCCCCS(=O)(=O)c1cccc(Oc2ccc(F)c(-c3ncnc4c(Cl)cccc34)c2)c1. The number of nitrogens with zero attached hydrogens (tertiary/aromatic N) is 2. The number of hydrogen-bond donors (Lipinski definition) is 1. The molecule has 0 amide bonds. The lowest BCUT2D eigenvalue weighted by Crippen LogP contribution is -2.23. The number of sulfonamides is 1. The van der Waals surface area contributed by atoms with E-state index in [9.17, 15) is 21.2 Å². The van der Waals surface area contributed by atoms with E-state index in [1.165, 1.54) is 36.7 Å². The molecule has 0 atom stereocenters. The highest BCUT2D eigenvalue weighted by Gasteiger charge is 2.17. The summed E-state index contributed by atoms with van der Waals surface area (Å²) in [6, 6.07) is 15.3. The molecule has 4 rings (SSSR count). The lowest BCUT2D eigenvalue weighted by atomic mass is 10.1. The second-order valence-electron chi connectivity index (χ2n) is 8.27. The maximum Gasteiger partial charge on any atom is 0.208 e. The van der Waals surface area contributed by atoms with Crippen molar-refractivity contribution in [3.05, 3.63) is 77.8 Å². The van der Waals surface area contributed by atoms with Crippen LogP contribution in [0.4, 0.5) is 4.39 Å². The fourth-order valence-corrected chi connectivity index (χ4v) is 5.82. The van der Waals surface area contributed by atoms with Crippen LogP contribution < -0.4 is 9.46 Å². The minimum absolute atomic E-state index is 0.0693. The molecule has 0 aliphatic carbocycles. The Morgan fingerprint density at radius 1 is 0.946 bits per heavy atom. The maximum absolute atomic E-state index is 14.8. The highest BCUT2D eigenvalue weighted by atomic mass is 35.5. The van der Waals surface area contributed by atoms with Gasteiger partial charge in [0.1, 0.15) is 23.6 Å². The van der Waals surface area contributed by atoms with E-state index in [0.717, 1.165) is 6.26 Å². The first-order valence-electron chi connectivity index (χ1n) is 11.2. The molecule has 0 aliphatic heterocycles. The average molecular weight is 564 g/mol. The molecule has 0 fully saturated rings. The Bertz CT molecular complexity index is 1660. The summed E-state index contributed by atoms with van der Waals surface area (Å²) < 4.78 is 70.8. The van der Waals surface area contributed by atoms with E-state index in [-0.39, 0.29) is 40.7 Å². The molecule has 0 aliphatic rings. The number of hydrogen-bond acceptors (Lipinski definition) is 7. The van der Waals surface area contributed by atoms with Gasteiger partial charge in [-0.2, -0.15) is 0 Å². The van der Waals surface area contributed by atoms with Gasteiger partial charge in [0.05, 0.1) is 33.1 Å². The second kappa shape index (κ2) is 11.1. The monoisotopic (exact) mass is 563 g/mol. The quantitative estimate of drug-likeness (QED) is 0.270. The molecule has 194 valence electrons. The first-order chi connectivity index (χ1) is 17.5. The van der Waals surface area contributed by atoms with Crippen molar-refractivity contribution in [1.82, 2.24) is 14.7 Å². The van der Waals surface area contributed by atoms with Crippen molar-refractivity contribution in [1.29, 1.82) is 0 Å². The summed E-state index contributed by atoms with van der Waals surface area (Å²) in [6.45, 7) is 0.165. The van der Waals surface area contributed by atoms with E-state index in [4.69, 9.17) is 16.3 Å². The minimum Gasteiger partial charge on any atom is -0.457 e. The van der Waals surface area contributed by atoms with Crippen LogP contribution in [0.2, 0.25) is 5.02 Å². The Labute approximate surface area is 219 Å². The summed E-state index contributed by atoms with van der Waals surface area (Å²) >= 11 is 6.23. The van der Waals surface area contributed by atoms with Gasteiger partial charge in [0.25, 0.3) is 0 Å². The number of aromatic nitrogens is 2. The Morgan fingerprint density at radius 3 is 2.49 bits per heavy atom. The standard InChI is InChI=1S/C25H23ClFN3O5S2/c1-36(31,32)30-12-2-3-13-37(33,34)19-7-4-6-17(14-19)35-18-10-11-23(27)21(15-18)24-20-8-5-9-22(26)25(20)29-16-28-24/h4-11,14-16,30H,2-3,12-13H2,1H3. The molecule has 0 spiro atoms. The van der Waals surface area contributed by atoms with E-state index in [2.05, 4.69) is 14.7 Å². The third kappa shape index (κ3) is 6.80. The van der Waals surface area contributed by atoms with Crippen molar-refractivity contribution in [2.45, 2.75) is 17.7 Å². The normalized spacial score (nSPS) is 12.1. The van der Waals surface area contributed by atoms with Gasteiger partial charge in [-0.15, -0.1) is 0 Å². The summed E-state index contributed by atoms with van der Waals surface area (Å²) in [5, 5.41) is 0.990. The predicted octanol–water partition coefficient (Wildman–Crippen LogP) is 4.98. The minimum atomic E-state index is -3.62. The number of sulfone groups is 1. The molecule has 1 heterocycles. The zero-order valence-electron chi connectivity index (χ0n) is 19.7. The van der Waals surface area contributed by atoms with Crippen molar-refractivity contribution in [2.24, 2.45) is 0 Å². The average Bonchev–Trinajstić information content (AvgIpc) is 2.84. The van der Waals surface area contributed by atoms with Crippen LogP contribution in [-0.4, -0.2) is 45.4 Å². The summed E-state index contributed by atoms with van der Waals surface area (Å²) in [4.78, 5) is 8.49. The fraction of sp³-hybridized carbons (Fsp3) is 0.200. The van der Waals surface area contributed by atoms with Crippen molar-refractivity contribution in [2.75, 3.05) is 18.6 Å². The van der Waals surface area contributed by atoms with Gasteiger partial charge in [-0.25, -0.2) is 35.9 Å². The third-order valence-corrected chi connectivity index (χ3v) is 8.24. The van der Waals surface area contributed by atoms with Crippen LogP contribution in [0.3, 0.4) is 0 Å². The molecule has 0 unspecified atom stereocenters. The molecule has 37 heavy (non-hydrogen) atoms. The molecule has 0 radical (unpaired) electrons. The van der Waals surface area contributed by atoms with Crippen molar-refractivity contribution >= 4 is 42.4 Å². The van der Waals surface area contributed by atoms with E-state index in [1.54, 1.807) is 30.3 Å². The van der Waals surface area contributed by atoms with Gasteiger partial charge >= 0.3 is 0 Å². The lowest BCUT2D eigenvalue weighted by Gasteiger charge is -2.11. The van der Waals surface area contributed by atoms with Crippen LogP contribution in [0.1, 0.15) is 12.8 Å². The van der Waals surface area contributed by atoms with Gasteiger partial charge in [-0.3, -0.25) is 0 Å². The van der Waals surface area contributed by atoms with E-state index in [0.29, 0.717) is 28.0 Å². The zero-order chi connectivity index (χ0) is 26.6. The molecular weight excluding hydrogens is 541 g/mol. The van der Waals surface area contributed by atoms with Gasteiger partial charge in [-0.1, -0.05) is 29.8 Å². The topological polar surface area (TPSA) is 115 Å². The number of nitrogens with one attached hydrogen (secondary N) is 1. The van der Waals surface area contributed by atoms with Gasteiger partial charge in [0.2, 0.25) is 10.0 Å². The summed E-state index contributed by atoms with van der Waals surface area (Å²) in [5.41, 5.74) is 1.01. The van der Waals surface area contributed by atoms with Gasteiger partial charge < -0.3 is 4.74 Å². The zero-order valence-corrected chi connectivity index (χ0v) is 22.1. The number of unbranched alkanes of at least 4 members (excludes halogenated alkanes) is 1. The summed E-state index contributed by atoms with van der Waals surface area (Å²) in [5.74, 6) is -0.125. The fourth-order valence-electron chi connectivity index (χ4n) is 3.68. The Hall–Kier alpha value is -3.12. The van der Waals surface area contributed by atoms with Crippen LogP contribution in [0.5, 0.6) is 11.5 Å². The van der Waals surface area contributed by atoms with E-state index < -0.39 is 25.7 Å². The van der Waals surface area contributed by atoms with Crippen LogP contribution in [-0.2, 0) is 19.9 Å². The van der Waals surface area contributed by atoms with Crippen LogP contribution in [0.15, 0.2) is 71.9 Å². The molecule has 1 aromatic heterocycles. The molecule has 4 aromatic rings. The van der Waals surface area contributed by atoms with Crippen molar-refractivity contribution in [3.63, 3.8) is 0 Å². The highest BCUT2D eigenvalue weighted by molar-refractivity contribution is 7.91. The number of para-hydroxylation sites is 1. The second-order valence-corrected chi connectivity index (χ2v) is 12.6. The Kier molecular flexibility index (Phi) is 8.08. The highest BCUT2D eigenvalue weighted by Crippen LogP contribution is 2.34. The Morgan fingerprint density at radius 2 is 1.70 bits per heavy atom. The number of halogens is 2. The molecular formula is C25H23ClFN3O5S2. The number of benzene rings is 3. The molecule has 0 bridgehead atoms. The van der Waals surface area contributed by atoms with Gasteiger partial charge in [0, 0.05) is 17.5 Å². The molecule has 3 aromatic carbocycles. The maximum atomic E-state index is 14.8. The van der Waals surface area contributed by atoms with Gasteiger partial charge in [-0.05, 0) is 55.3 Å².